The number of amides is 1. The van der Waals surface area contributed by atoms with E-state index in [0.717, 1.165) is 25.7 Å². The minimum absolute atomic E-state index is 0.216. The smallest absolute Gasteiger partial charge is 0.418 e. The Morgan fingerprint density at radius 2 is 1.61 bits per heavy atom. The minimum atomic E-state index is -0.969. The molecule has 0 radical (unpaired) electrons. The molecule has 1 N–H and O–H groups in total. The van der Waals surface area contributed by atoms with Crippen LogP contribution in [0, 0.1) is 17.7 Å². The highest BCUT2D eigenvalue weighted by Crippen LogP contribution is 2.31. The normalized spacial score (nSPS) is 18.4. The highest BCUT2D eigenvalue weighted by Gasteiger charge is 2.25. The molecule has 1 aliphatic rings. The van der Waals surface area contributed by atoms with Gasteiger partial charge in [0, 0.05) is 5.02 Å². The van der Waals surface area contributed by atoms with Gasteiger partial charge in [-0.25, -0.2) is 18.9 Å². The van der Waals surface area contributed by atoms with Crippen LogP contribution in [0.15, 0.2) is 48.5 Å². The molecule has 0 heterocycles. The molecule has 6 nitrogen and oxygen atoms in total. The Morgan fingerprint density at radius 3 is 2.23 bits per heavy atom. The number of hydrogen-bond acceptors (Lipinski definition) is 4. The van der Waals surface area contributed by atoms with E-state index in [2.05, 4.69) is 0 Å². The summed E-state index contributed by atoms with van der Waals surface area (Å²) in [5.74, 6) is -0.890. The lowest BCUT2D eigenvalue weighted by Gasteiger charge is -2.29. The van der Waals surface area contributed by atoms with Crippen LogP contribution in [0.1, 0.15) is 25.7 Å². The SMILES string of the molecule is O=C(O)COC[C@H]1CC[C@H](COC(=O)N(c2cccc(F)c2)c2cccc(Cl)c2)CC1. The van der Waals surface area contributed by atoms with Gasteiger partial charge < -0.3 is 14.6 Å². The summed E-state index contributed by atoms with van der Waals surface area (Å²) in [5, 5.41) is 9.10. The second kappa shape index (κ2) is 11.1. The number of aliphatic carboxylic acids is 1. The number of carboxylic acid groups (broad SMARTS) is 1. The Balaban J connectivity index is 1.58. The largest absolute Gasteiger partial charge is 0.480 e. The van der Waals surface area contributed by atoms with E-state index in [4.69, 9.17) is 26.2 Å². The first kappa shape index (κ1) is 23.0. The molecule has 2 aromatic carbocycles. The van der Waals surface area contributed by atoms with E-state index < -0.39 is 17.9 Å². The second-order valence-electron chi connectivity index (χ2n) is 7.67. The molecular formula is C23H25ClFNO5. The van der Waals surface area contributed by atoms with Crippen molar-refractivity contribution in [3.05, 3.63) is 59.4 Å². The Labute approximate surface area is 185 Å². The summed E-state index contributed by atoms with van der Waals surface area (Å²) < 4.78 is 24.6. The van der Waals surface area contributed by atoms with Gasteiger partial charge in [0.2, 0.25) is 0 Å². The molecule has 1 fully saturated rings. The van der Waals surface area contributed by atoms with Crippen molar-refractivity contribution in [2.45, 2.75) is 25.7 Å². The lowest BCUT2D eigenvalue weighted by molar-refractivity contribution is -0.142. The topological polar surface area (TPSA) is 76.1 Å². The first-order valence-electron chi connectivity index (χ1n) is 10.2. The monoisotopic (exact) mass is 449 g/mol. The molecule has 0 spiro atoms. The Morgan fingerprint density at radius 1 is 1.00 bits per heavy atom. The van der Waals surface area contributed by atoms with E-state index in [1.165, 1.54) is 23.1 Å². The first-order chi connectivity index (χ1) is 14.9. The fourth-order valence-electron chi connectivity index (χ4n) is 3.72. The standard InChI is InChI=1S/C23H25ClFNO5/c24-18-3-1-5-20(11-18)26(21-6-2-4-19(25)12-21)23(29)31-14-17-9-7-16(8-10-17)13-30-15-22(27)28/h1-6,11-12,16-17H,7-10,13-15H2,(H,27,28)/t16-,17-. The van der Waals surface area contributed by atoms with E-state index in [0.29, 0.717) is 28.9 Å². The van der Waals surface area contributed by atoms with Crippen molar-refractivity contribution in [3.8, 4) is 0 Å². The molecule has 1 saturated carbocycles. The minimum Gasteiger partial charge on any atom is -0.480 e. The molecule has 8 heteroatoms. The highest BCUT2D eigenvalue weighted by atomic mass is 35.5. The van der Waals surface area contributed by atoms with Gasteiger partial charge in [0.25, 0.3) is 0 Å². The summed E-state index contributed by atoms with van der Waals surface area (Å²) in [4.78, 5) is 24.8. The van der Waals surface area contributed by atoms with Gasteiger partial charge >= 0.3 is 12.1 Å². The molecule has 0 aromatic heterocycles. The van der Waals surface area contributed by atoms with Crippen LogP contribution in [-0.2, 0) is 14.3 Å². The summed E-state index contributed by atoms with van der Waals surface area (Å²) in [6.07, 6.45) is 2.92. The van der Waals surface area contributed by atoms with E-state index >= 15 is 0 Å². The third kappa shape index (κ3) is 6.94. The van der Waals surface area contributed by atoms with Crippen molar-refractivity contribution in [1.29, 1.82) is 0 Å². The number of carbonyl (C=O) groups is 2. The van der Waals surface area contributed by atoms with Gasteiger partial charge in [-0.3, -0.25) is 0 Å². The molecule has 0 bridgehead atoms. The molecule has 166 valence electrons. The van der Waals surface area contributed by atoms with Gasteiger partial charge in [-0.15, -0.1) is 0 Å². The zero-order chi connectivity index (χ0) is 22.2. The third-order valence-electron chi connectivity index (χ3n) is 5.30. The van der Waals surface area contributed by atoms with Crippen LogP contribution in [0.25, 0.3) is 0 Å². The average molecular weight is 450 g/mol. The lowest BCUT2D eigenvalue weighted by atomic mass is 9.83. The molecule has 3 rings (SSSR count). The number of ether oxygens (including phenoxy) is 2. The highest BCUT2D eigenvalue weighted by molar-refractivity contribution is 6.31. The summed E-state index contributed by atoms with van der Waals surface area (Å²) >= 11 is 6.08. The number of benzene rings is 2. The molecule has 31 heavy (non-hydrogen) atoms. The van der Waals surface area contributed by atoms with Gasteiger partial charge in [-0.05, 0) is 73.9 Å². The number of carboxylic acids is 1. The number of halogens is 2. The van der Waals surface area contributed by atoms with Crippen LogP contribution < -0.4 is 4.90 Å². The zero-order valence-corrected chi connectivity index (χ0v) is 17.8. The van der Waals surface area contributed by atoms with Gasteiger partial charge in [-0.1, -0.05) is 23.7 Å². The zero-order valence-electron chi connectivity index (χ0n) is 17.0. The summed E-state index contributed by atoms with van der Waals surface area (Å²) in [7, 11) is 0. The fraction of sp³-hybridized carbons (Fsp3) is 0.391. The molecule has 0 aliphatic heterocycles. The maximum Gasteiger partial charge on any atom is 0.418 e. The predicted molar refractivity (Wildman–Crippen MR) is 115 cm³/mol. The van der Waals surface area contributed by atoms with Gasteiger partial charge in [0.05, 0.1) is 24.6 Å². The maximum atomic E-state index is 13.8. The third-order valence-corrected chi connectivity index (χ3v) is 5.54. The quantitative estimate of drug-likeness (QED) is 0.562. The number of carbonyl (C=O) groups excluding carboxylic acids is 1. The molecule has 2 aromatic rings. The Kier molecular flexibility index (Phi) is 8.26. The van der Waals surface area contributed by atoms with Crippen molar-refractivity contribution in [2.75, 3.05) is 24.7 Å². The number of hydrogen-bond donors (Lipinski definition) is 1. The van der Waals surface area contributed by atoms with Crippen molar-refractivity contribution >= 4 is 35.0 Å². The van der Waals surface area contributed by atoms with Crippen molar-refractivity contribution < 1.29 is 28.6 Å². The van der Waals surface area contributed by atoms with Crippen molar-refractivity contribution in [3.63, 3.8) is 0 Å². The molecule has 1 amide bonds. The van der Waals surface area contributed by atoms with Crippen LogP contribution in [0.3, 0.4) is 0 Å². The van der Waals surface area contributed by atoms with E-state index in [1.807, 2.05) is 0 Å². The van der Waals surface area contributed by atoms with E-state index in [1.54, 1.807) is 30.3 Å². The number of rotatable bonds is 8. The lowest BCUT2D eigenvalue weighted by Crippen LogP contribution is -2.30. The first-order valence-corrected chi connectivity index (χ1v) is 10.6. The van der Waals surface area contributed by atoms with Crippen molar-refractivity contribution in [2.24, 2.45) is 11.8 Å². The fourth-order valence-corrected chi connectivity index (χ4v) is 3.91. The molecule has 0 unspecified atom stereocenters. The van der Waals surface area contributed by atoms with Gasteiger partial charge in [-0.2, -0.15) is 0 Å². The molecule has 1 aliphatic carbocycles. The van der Waals surface area contributed by atoms with Crippen LogP contribution in [0.5, 0.6) is 0 Å². The molecular weight excluding hydrogens is 425 g/mol. The van der Waals surface area contributed by atoms with Gasteiger partial charge in [0.15, 0.2) is 0 Å². The van der Waals surface area contributed by atoms with Crippen LogP contribution in [0.4, 0.5) is 20.6 Å². The summed E-state index contributed by atoms with van der Waals surface area (Å²) in [6, 6.07) is 12.5. The van der Waals surface area contributed by atoms with Crippen LogP contribution in [0.2, 0.25) is 5.02 Å². The molecule has 0 saturated heterocycles. The summed E-state index contributed by atoms with van der Waals surface area (Å²) in [6.45, 7) is 0.409. The van der Waals surface area contributed by atoms with E-state index in [9.17, 15) is 14.0 Å². The summed E-state index contributed by atoms with van der Waals surface area (Å²) in [5.41, 5.74) is 0.842. The van der Waals surface area contributed by atoms with Crippen LogP contribution in [-0.4, -0.2) is 37.0 Å². The second-order valence-corrected chi connectivity index (χ2v) is 8.10. The average Bonchev–Trinajstić information content (AvgIpc) is 2.73. The van der Waals surface area contributed by atoms with E-state index in [-0.39, 0.29) is 19.1 Å². The Hall–Kier alpha value is -2.64. The predicted octanol–water partition coefficient (Wildman–Crippen LogP) is 5.66. The Bertz CT molecular complexity index is 856. The molecule has 0 atom stereocenters. The van der Waals surface area contributed by atoms with Gasteiger partial charge in [0.1, 0.15) is 12.4 Å². The van der Waals surface area contributed by atoms with Crippen molar-refractivity contribution in [1.82, 2.24) is 0 Å². The van der Waals surface area contributed by atoms with Crippen LogP contribution >= 0.6 is 11.6 Å². The number of anilines is 2. The number of nitrogens with zero attached hydrogens (tertiary/aromatic N) is 1. The maximum absolute atomic E-state index is 13.8.